The Balaban J connectivity index is 2.22. The van der Waals surface area contributed by atoms with E-state index in [1.165, 1.54) is 4.31 Å². The van der Waals surface area contributed by atoms with Crippen molar-refractivity contribution in [2.75, 3.05) is 19.7 Å². The lowest BCUT2D eigenvalue weighted by Gasteiger charge is -2.39. The summed E-state index contributed by atoms with van der Waals surface area (Å²) in [5.41, 5.74) is 0.797. The molecular formula is C15H22ClNO3S. The number of aryl methyl sites for hydroxylation is 1. The fourth-order valence-electron chi connectivity index (χ4n) is 2.78. The van der Waals surface area contributed by atoms with Gasteiger partial charge in [0.1, 0.15) is 4.90 Å². The lowest BCUT2D eigenvalue weighted by atomic mass is 9.77. The van der Waals surface area contributed by atoms with Crippen LogP contribution in [0.2, 0.25) is 5.02 Å². The summed E-state index contributed by atoms with van der Waals surface area (Å²) in [6.45, 7) is 4.89. The Kier molecular flexibility index (Phi) is 4.98. The Morgan fingerprint density at radius 1 is 1.33 bits per heavy atom. The van der Waals surface area contributed by atoms with E-state index < -0.39 is 10.0 Å². The number of rotatable bonds is 4. The second kappa shape index (κ2) is 6.24. The van der Waals surface area contributed by atoms with Gasteiger partial charge in [-0.15, -0.1) is 0 Å². The highest BCUT2D eigenvalue weighted by atomic mass is 35.5. The van der Waals surface area contributed by atoms with Crippen LogP contribution in [0.5, 0.6) is 0 Å². The predicted molar refractivity (Wildman–Crippen MR) is 84.0 cm³/mol. The molecule has 118 valence electrons. The molecule has 0 aromatic heterocycles. The summed E-state index contributed by atoms with van der Waals surface area (Å²) < 4.78 is 26.9. The second-order valence-corrected chi connectivity index (χ2v) is 8.16. The Hall–Kier alpha value is -0.620. The summed E-state index contributed by atoms with van der Waals surface area (Å²) in [6, 6.07) is 5.00. The summed E-state index contributed by atoms with van der Waals surface area (Å²) in [6.07, 6.45) is 2.23. The van der Waals surface area contributed by atoms with Crippen LogP contribution in [0.15, 0.2) is 23.1 Å². The number of sulfonamides is 1. The van der Waals surface area contributed by atoms with Gasteiger partial charge < -0.3 is 5.11 Å². The highest BCUT2D eigenvalue weighted by Crippen LogP contribution is 2.36. The molecule has 0 amide bonds. The van der Waals surface area contributed by atoms with Crippen molar-refractivity contribution < 1.29 is 13.5 Å². The van der Waals surface area contributed by atoms with Gasteiger partial charge in [0.05, 0.1) is 5.02 Å². The monoisotopic (exact) mass is 331 g/mol. The first-order valence-corrected chi connectivity index (χ1v) is 9.04. The number of piperidine rings is 1. The first-order chi connectivity index (χ1) is 9.84. The number of nitrogens with zero attached hydrogens (tertiary/aromatic N) is 1. The largest absolute Gasteiger partial charge is 0.396 e. The van der Waals surface area contributed by atoms with Crippen LogP contribution in [0.1, 0.15) is 31.7 Å². The van der Waals surface area contributed by atoms with Crippen molar-refractivity contribution in [3.05, 3.63) is 28.8 Å². The van der Waals surface area contributed by atoms with Crippen molar-refractivity contribution in [3.63, 3.8) is 0 Å². The van der Waals surface area contributed by atoms with Crippen LogP contribution in [0, 0.1) is 12.3 Å². The van der Waals surface area contributed by atoms with Gasteiger partial charge in [-0.05, 0) is 49.3 Å². The van der Waals surface area contributed by atoms with E-state index in [1.54, 1.807) is 18.2 Å². The maximum Gasteiger partial charge on any atom is 0.244 e. The van der Waals surface area contributed by atoms with Crippen molar-refractivity contribution >= 4 is 21.6 Å². The van der Waals surface area contributed by atoms with Gasteiger partial charge in [0.2, 0.25) is 10.0 Å². The number of halogens is 1. The molecule has 0 aliphatic carbocycles. The Bertz CT molecular complexity index is 601. The lowest BCUT2D eigenvalue weighted by molar-refractivity contribution is 0.0647. The molecule has 1 N–H and O–H groups in total. The van der Waals surface area contributed by atoms with E-state index >= 15 is 0 Å². The summed E-state index contributed by atoms with van der Waals surface area (Å²) in [7, 11) is -3.56. The first-order valence-electron chi connectivity index (χ1n) is 7.22. The SMILES string of the molecule is CCC1(CO)CCN(S(=O)(=O)c2ccc(C)cc2Cl)CC1. The summed E-state index contributed by atoms with van der Waals surface area (Å²) in [5.74, 6) is 0. The van der Waals surface area contributed by atoms with Crippen LogP contribution in [-0.4, -0.2) is 37.5 Å². The van der Waals surface area contributed by atoms with Crippen LogP contribution >= 0.6 is 11.6 Å². The highest BCUT2D eigenvalue weighted by molar-refractivity contribution is 7.89. The van der Waals surface area contributed by atoms with Crippen molar-refractivity contribution in [1.29, 1.82) is 0 Å². The van der Waals surface area contributed by atoms with Crippen molar-refractivity contribution in [2.24, 2.45) is 5.41 Å². The third kappa shape index (κ3) is 3.26. The average molecular weight is 332 g/mol. The van der Waals surface area contributed by atoms with Gasteiger partial charge >= 0.3 is 0 Å². The highest BCUT2D eigenvalue weighted by Gasteiger charge is 2.37. The zero-order valence-electron chi connectivity index (χ0n) is 12.5. The van der Waals surface area contributed by atoms with E-state index in [-0.39, 0.29) is 21.9 Å². The molecule has 21 heavy (non-hydrogen) atoms. The third-order valence-electron chi connectivity index (χ3n) is 4.57. The van der Waals surface area contributed by atoms with Crippen LogP contribution in [0.3, 0.4) is 0 Å². The Labute approximate surface area is 131 Å². The van der Waals surface area contributed by atoms with Crippen LogP contribution in [0.25, 0.3) is 0 Å². The summed E-state index contributed by atoms with van der Waals surface area (Å²) in [4.78, 5) is 0.169. The normalized spacial score (nSPS) is 19.6. The molecule has 0 bridgehead atoms. The van der Waals surface area contributed by atoms with Gasteiger partial charge in [0.25, 0.3) is 0 Å². The number of aliphatic hydroxyl groups excluding tert-OH is 1. The van der Waals surface area contributed by atoms with E-state index in [2.05, 4.69) is 0 Å². The van der Waals surface area contributed by atoms with E-state index in [1.807, 2.05) is 13.8 Å². The van der Waals surface area contributed by atoms with Gasteiger partial charge in [-0.25, -0.2) is 8.42 Å². The maximum atomic E-state index is 12.7. The quantitative estimate of drug-likeness (QED) is 0.923. The molecule has 6 heteroatoms. The van der Waals surface area contributed by atoms with E-state index in [9.17, 15) is 13.5 Å². The van der Waals surface area contributed by atoms with Crippen LogP contribution in [0.4, 0.5) is 0 Å². The topological polar surface area (TPSA) is 57.6 Å². The van der Waals surface area contributed by atoms with Crippen LogP contribution in [-0.2, 0) is 10.0 Å². The number of hydrogen-bond acceptors (Lipinski definition) is 3. The number of benzene rings is 1. The standard InChI is InChI=1S/C15H22ClNO3S/c1-3-15(11-18)6-8-17(9-7-15)21(19,20)14-5-4-12(2)10-13(14)16/h4-5,10,18H,3,6-9,11H2,1-2H3. The van der Waals surface area contributed by atoms with Crippen LogP contribution < -0.4 is 0 Å². The molecule has 0 unspecified atom stereocenters. The van der Waals surface area contributed by atoms with Gasteiger partial charge in [-0.2, -0.15) is 4.31 Å². The molecule has 1 fully saturated rings. The van der Waals surface area contributed by atoms with E-state index in [4.69, 9.17) is 11.6 Å². The molecule has 1 aromatic carbocycles. The molecule has 0 saturated carbocycles. The third-order valence-corrected chi connectivity index (χ3v) is 6.96. The van der Waals surface area contributed by atoms with Gasteiger partial charge in [-0.3, -0.25) is 0 Å². The zero-order chi connectivity index (χ0) is 15.7. The van der Waals surface area contributed by atoms with Crippen molar-refractivity contribution in [2.45, 2.75) is 38.0 Å². The van der Waals surface area contributed by atoms with Crippen molar-refractivity contribution in [1.82, 2.24) is 4.31 Å². The Morgan fingerprint density at radius 2 is 1.95 bits per heavy atom. The summed E-state index contributed by atoms with van der Waals surface area (Å²) in [5, 5.41) is 9.80. The summed E-state index contributed by atoms with van der Waals surface area (Å²) >= 11 is 6.10. The minimum Gasteiger partial charge on any atom is -0.396 e. The molecule has 1 heterocycles. The predicted octanol–water partition coefficient (Wildman–Crippen LogP) is 2.82. The van der Waals surface area contributed by atoms with Gasteiger partial charge in [-0.1, -0.05) is 24.6 Å². The van der Waals surface area contributed by atoms with Crippen molar-refractivity contribution in [3.8, 4) is 0 Å². The molecule has 2 rings (SSSR count). The second-order valence-electron chi connectivity index (χ2n) is 5.85. The molecular weight excluding hydrogens is 310 g/mol. The fourth-order valence-corrected chi connectivity index (χ4v) is 4.79. The average Bonchev–Trinajstić information content (AvgIpc) is 2.47. The van der Waals surface area contributed by atoms with Gasteiger partial charge in [0, 0.05) is 19.7 Å². The molecule has 1 aliphatic heterocycles. The molecule has 4 nitrogen and oxygen atoms in total. The minimum atomic E-state index is -3.56. The minimum absolute atomic E-state index is 0.114. The lowest BCUT2D eigenvalue weighted by Crippen LogP contribution is -2.44. The fraction of sp³-hybridized carbons (Fsp3) is 0.600. The Morgan fingerprint density at radius 3 is 2.43 bits per heavy atom. The zero-order valence-corrected chi connectivity index (χ0v) is 14.0. The van der Waals surface area contributed by atoms with E-state index in [0.717, 1.165) is 12.0 Å². The molecule has 0 spiro atoms. The molecule has 0 radical (unpaired) electrons. The first kappa shape index (κ1) is 16.7. The number of aliphatic hydroxyl groups is 1. The molecule has 0 atom stereocenters. The smallest absolute Gasteiger partial charge is 0.244 e. The molecule has 1 aliphatic rings. The number of hydrogen-bond donors (Lipinski definition) is 1. The molecule has 1 aromatic rings. The van der Waals surface area contributed by atoms with Gasteiger partial charge in [0.15, 0.2) is 0 Å². The maximum absolute atomic E-state index is 12.7. The molecule has 1 saturated heterocycles. The van der Waals surface area contributed by atoms with E-state index in [0.29, 0.717) is 25.9 Å².